The number of halogens is 2. The number of ether oxygens (including phenoxy) is 1. The van der Waals surface area contributed by atoms with E-state index in [1.807, 2.05) is 30.3 Å². The van der Waals surface area contributed by atoms with Crippen LogP contribution in [0.1, 0.15) is 11.3 Å². The number of hydrogen-bond donors (Lipinski definition) is 0. The van der Waals surface area contributed by atoms with Crippen LogP contribution in [0.15, 0.2) is 146 Å². The molecule has 6 heteroatoms. The molecule has 3 nitrogen and oxygen atoms in total. The first-order chi connectivity index (χ1) is 20.5. The van der Waals surface area contributed by atoms with Crippen LogP contribution >= 0.6 is 32.4 Å². The Labute approximate surface area is 260 Å². The van der Waals surface area contributed by atoms with Gasteiger partial charge >= 0.3 is 262 Å². The molecule has 0 saturated heterocycles. The molecule has 1 heterocycles. The Morgan fingerprint density at radius 1 is 0.690 bits per heavy atom. The number of methoxy groups -OCH3 is 1. The molecule has 0 atom stereocenters. The third-order valence-electron chi connectivity index (χ3n) is 7.82. The van der Waals surface area contributed by atoms with E-state index in [1.54, 1.807) is 7.11 Å². The molecule has 1 aromatic heterocycles. The number of benzene rings is 5. The van der Waals surface area contributed by atoms with Crippen molar-refractivity contribution < 1.29 is 4.74 Å². The molecule has 0 aliphatic heterocycles. The molecule has 0 spiro atoms. The Hall–Kier alpha value is -3.69. The van der Waals surface area contributed by atoms with Crippen molar-refractivity contribution in [3.05, 3.63) is 162 Å². The Bertz CT molecular complexity index is 1710. The maximum absolute atomic E-state index is 6.63. The van der Waals surface area contributed by atoms with Crippen LogP contribution in [0.2, 0.25) is 5.02 Å². The number of aromatic nitrogens is 2. The van der Waals surface area contributed by atoms with Gasteiger partial charge in [-0.25, -0.2) is 0 Å². The van der Waals surface area contributed by atoms with Crippen molar-refractivity contribution in [1.82, 2.24) is 9.78 Å². The van der Waals surface area contributed by atoms with Gasteiger partial charge in [0.25, 0.3) is 0 Å². The van der Waals surface area contributed by atoms with E-state index in [2.05, 4.69) is 135 Å². The summed E-state index contributed by atoms with van der Waals surface area (Å²) < 4.78 is 7.65. The van der Waals surface area contributed by atoms with Gasteiger partial charge in [0.05, 0.1) is 0 Å². The van der Waals surface area contributed by atoms with Crippen molar-refractivity contribution in [3.8, 4) is 17.0 Å². The fourth-order valence-electron chi connectivity index (χ4n) is 5.71. The molecule has 6 rings (SSSR count). The monoisotopic (exact) mass is 652 g/mol. The summed E-state index contributed by atoms with van der Waals surface area (Å²) in [7, 11) is 1.69. The molecule has 0 amide bonds. The van der Waals surface area contributed by atoms with E-state index in [4.69, 9.17) is 21.4 Å². The van der Waals surface area contributed by atoms with Crippen molar-refractivity contribution in [2.45, 2.75) is 12.7 Å². The van der Waals surface area contributed by atoms with Gasteiger partial charge in [-0.3, -0.25) is 0 Å². The minimum atomic E-state index is -3.24. The third kappa shape index (κ3) is 5.20. The molecule has 0 aliphatic carbocycles. The first-order valence-electron chi connectivity index (χ1n) is 13.8. The first kappa shape index (κ1) is 28.4. The molecule has 5 aromatic carbocycles. The summed E-state index contributed by atoms with van der Waals surface area (Å²) in [6, 6.07) is 50.8. The summed E-state index contributed by atoms with van der Waals surface area (Å²) in [6.07, 6.45) is 0.691. The van der Waals surface area contributed by atoms with Gasteiger partial charge in [-0.15, -0.1) is 0 Å². The molecule has 0 fully saturated rings. The van der Waals surface area contributed by atoms with E-state index in [9.17, 15) is 0 Å². The molecule has 0 unspecified atom stereocenters. The SMILES string of the molecule is COc1cccc(-c2cc(CP(Br)(c3ccccc3)(c3ccccc3)c3ccccc3)nn2Cc2ccccc2Cl)c1. The average molecular weight is 654 g/mol. The predicted molar refractivity (Wildman–Crippen MR) is 183 cm³/mol. The zero-order valence-corrected chi connectivity index (χ0v) is 26.5. The molecular formula is C36H31BrClN2OP. The van der Waals surface area contributed by atoms with Crippen LogP contribution in [0.3, 0.4) is 0 Å². The minimum absolute atomic E-state index is 0.548. The third-order valence-corrected chi connectivity index (χ3v) is 17.7. The normalized spacial score (nSPS) is 12.4. The molecule has 42 heavy (non-hydrogen) atoms. The maximum atomic E-state index is 6.63. The summed E-state index contributed by atoms with van der Waals surface area (Å²) in [5.74, 6) is 0.803. The van der Waals surface area contributed by atoms with Crippen molar-refractivity contribution in [3.63, 3.8) is 0 Å². The van der Waals surface area contributed by atoms with Crippen LogP contribution in [0, 0.1) is 0 Å². The standard InChI is InChI=1S/C36H31BrClN2OP/c1-41-31-16-13-15-28(24-31)36-25-30(39-40(36)26-29-14-11-12-23-35(29)38)27-42(37,32-17-5-2-6-18-32,33-19-7-3-8-20-33)34-21-9-4-10-22-34/h2-25H,26-27H2,1H3. The summed E-state index contributed by atoms with van der Waals surface area (Å²) in [5.41, 5.74) is 4.05. The Balaban J connectivity index is 1.59. The number of rotatable bonds is 9. The molecular weight excluding hydrogens is 623 g/mol. The topological polar surface area (TPSA) is 27.1 Å². The Kier molecular flexibility index (Phi) is 8.05. The van der Waals surface area contributed by atoms with Crippen LogP contribution < -0.4 is 20.7 Å². The van der Waals surface area contributed by atoms with E-state index >= 15 is 0 Å². The Morgan fingerprint density at radius 3 is 1.79 bits per heavy atom. The van der Waals surface area contributed by atoms with Crippen LogP contribution in [-0.2, 0) is 12.7 Å². The van der Waals surface area contributed by atoms with Crippen LogP contribution in [0.4, 0.5) is 0 Å². The summed E-state index contributed by atoms with van der Waals surface area (Å²) in [4.78, 5) is 0. The van der Waals surface area contributed by atoms with E-state index in [0.717, 1.165) is 33.3 Å². The molecule has 0 aliphatic rings. The van der Waals surface area contributed by atoms with Gasteiger partial charge in [-0.05, 0) is 0 Å². The van der Waals surface area contributed by atoms with Gasteiger partial charge in [0, 0.05) is 0 Å². The Morgan fingerprint density at radius 2 is 1.24 bits per heavy atom. The van der Waals surface area contributed by atoms with E-state index in [-0.39, 0.29) is 0 Å². The summed E-state index contributed by atoms with van der Waals surface area (Å²) >= 11 is 11.2. The van der Waals surface area contributed by atoms with Crippen molar-refractivity contribution in [1.29, 1.82) is 0 Å². The molecule has 0 radical (unpaired) electrons. The molecule has 210 valence electrons. The van der Waals surface area contributed by atoms with Gasteiger partial charge in [0.2, 0.25) is 0 Å². The fourth-order valence-corrected chi connectivity index (χ4v) is 13.4. The van der Waals surface area contributed by atoms with Crippen molar-refractivity contribution in [2.75, 3.05) is 7.11 Å². The van der Waals surface area contributed by atoms with E-state index in [1.165, 1.54) is 15.9 Å². The first-order valence-corrected chi connectivity index (χ1v) is 18.7. The summed E-state index contributed by atoms with van der Waals surface area (Å²) in [5, 5.41) is 6.56. The van der Waals surface area contributed by atoms with Crippen LogP contribution in [0.25, 0.3) is 11.3 Å². The zero-order chi connectivity index (χ0) is 29.0. The zero-order valence-electron chi connectivity index (χ0n) is 23.3. The van der Waals surface area contributed by atoms with E-state index in [0.29, 0.717) is 12.7 Å². The van der Waals surface area contributed by atoms with Gasteiger partial charge in [-0.1, -0.05) is 0 Å². The molecule has 0 saturated carbocycles. The predicted octanol–water partition coefficient (Wildman–Crippen LogP) is 8.60. The van der Waals surface area contributed by atoms with E-state index < -0.39 is 5.31 Å². The second kappa shape index (κ2) is 11.9. The number of nitrogens with zero attached hydrogens (tertiary/aromatic N) is 2. The quantitative estimate of drug-likeness (QED) is 0.146. The molecule has 0 N–H and O–H groups in total. The molecule has 0 bridgehead atoms. The second-order valence-corrected chi connectivity index (χ2v) is 19.7. The second-order valence-electron chi connectivity index (χ2n) is 10.3. The number of hydrogen-bond acceptors (Lipinski definition) is 2. The fraction of sp³-hybridized carbons (Fsp3) is 0.0833. The van der Waals surface area contributed by atoms with Gasteiger partial charge < -0.3 is 0 Å². The van der Waals surface area contributed by atoms with Crippen molar-refractivity contribution in [2.24, 2.45) is 0 Å². The van der Waals surface area contributed by atoms with Gasteiger partial charge in [-0.2, -0.15) is 0 Å². The molecule has 6 aromatic rings. The van der Waals surface area contributed by atoms with Crippen molar-refractivity contribution >= 4 is 48.3 Å². The van der Waals surface area contributed by atoms with Crippen LogP contribution in [-0.4, -0.2) is 16.9 Å². The summed E-state index contributed by atoms with van der Waals surface area (Å²) in [6.45, 7) is 0.548. The van der Waals surface area contributed by atoms with Crippen LogP contribution in [0.5, 0.6) is 5.75 Å². The average Bonchev–Trinajstić information content (AvgIpc) is 3.45. The van der Waals surface area contributed by atoms with Gasteiger partial charge in [0.1, 0.15) is 0 Å². The van der Waals surface area contributed by atoms with Gasteiger partial charge in [0.15, 0.2) is 0 Å².